The fourth-order valence-electron chi connectivity index (χ4n) is 0.420. The average molecular weight is 129 g/mol. The van der Waals surface area contributed by atoms with Gasteiger partial charge in [0.2, 0.25) is 0 Å². The second kappa shape index (κ2) is 1.73. The average Bonchev–Trinajstić information content (AvgIpc) is 2.13. The van der Waals surface area contributed by atoms with Crippen LogP contribution in [-0.4, -0.2) is 19.8 Å². The molecule has 6 nitrogen and oxygen atoms in total. The summed E-state index contributed by atoms with van der Waals surface area (Å²) in [5.74, 6) is -0.574. The maximum Gasteiger partial charge on any atom is 0.471 e. The summed E-state index contributed by atoms with van der Waals surface area (Å²) in [5, 5.41) is 18.4. The summed E-state index contributed by atoms with van der Waals surface area (Å²) in [6.07, 6.45) is 2.22. The van der Waals surface area contributed by atoms with Crippen molar-refractivity contribution in [3.8, 4) is 0 Å². The minimum atomic E-state index is -0.778. The van der Waals surface area contributed by atoms with Gasteiger partial charge in [-0.05, 0) is 4.92 Å². The van der Waals surface area contributed by atoms with Crippen LogP contribution in [-0.2, 0) is 0 Å². The molecule has 0 aliphatic carbocycles. The molecule has 0 atom stereocenters. The standard InChI is InChI=1S/C3H3N3O3/c7-5-2-1-4-3(5)6(8)9/h1-2,7H. The van der Waals surface area contributed by atoms with E-state index in [1.807, 2.05) is 0 Å². The maximum atomic E-state index is 9.85. The minimum absolute atomic E-state index is 0.347. The van der Waals surface area contributed by atoms with E-state index in [0.717, 1.165) is 12.4 Å². The van der Waals surface area contributed by atoms with E-state index in [1.165, 1.54) is 0 Å². The van der Waals surface area contributed by atoms with Crippen LogP contribution in [0.2, 0.25) is 0 Å². The zero-order valence-electron chi connectivity index (χ0n) is 4.26. The van der Waals surface area contributed by atoms with Crippen molar-refractivity contribution in [3.05, 3.63) is 22.5 Å². The Hall–Kier alpha value is -1.59. The van der Waals surface area contributed by atoms with Gasteiger partial charge in [-0.25, -0.2) is 0 Å². The summed E-state index contributed by atoms with van der Waals surface area (Å²) in [6.45, 7) is 0. The van der Waals surface area contributed by atoms with Gasteiger partial charge in [-0.3, -0.25) is 0 Å². The molecule has 0 amide bonds. The highest BCUT2D eigenvalue weighted by Crippen LogP contribution is 2.01. The van der Waals surface area contributed by atoms with Crippen LogP contribution in [0.1, 0.15) is 0 Å². The van der Waals surface area contributed by atoms with Gasteiger partial charge in [-0.2, -0.15) is 0 Å². The van der Waals surface area contributed by atoms with Crippen molar-refractivity contribution in [2.24, 2.45) is 0 Å². The molecule has 1 rings (SSSR count). The Morgan fingerprint density at radius 1 is 1.89 bits per heavy atom. The molecule has 0 bridgehead atoms. The molecule has 0 radical (unpaired) electrons. The number of hydrogen-bond donors (Lipinski definition) is 1. The lowest BCUT2D eigenvalue weighted by atomic mass is 11.0. The third-order valence-corrected chi connectivity index (χ3v) is 0.766. The van der Waals surface area contributed by atoms with E-state index in [2.05, 4.69) is 4.98 Å². The number of hydrogen-bond acceptors (Lipinski definition) is 4. The van der Waals surface area contributed by atoms with E-state index in [1.54, 1.807) is 0 Å². The van der Waals surface area contributed by atoms with Crippen LogP contribution in [0.5, 0.6) is 0 Å². The molecule has 1 aromatic heterocycles. The minimum Gasteiger partial charge on any atom is -0.390 e. The molecule has 0 fully saturated rings. The second-order valence-electron chi connectivity index (χ2n) is 1.33. The number of imidazole rings is 1. The van der Waals surface area contributed by atoms with Crippen molar-refractivity contribution in [1.82, 2.24) is 9.71 Å². The third-order valence-electron chi connectivity index (χ3n) is 0.766. The smallest absolute Gasteiger partial charge is 0.390 e. The van der Waals surface area contributed by atoms with Crippen LogP contribution >= 0.6 is 0 Å². The van der Waals surface area contributed by atoms with Crippen molar-refractivity contribution in [1.29, 1.82) is 0 Å². The quantitative estimate of drug-likeness (QED) is 0.329. The molecule has 0 aliphatic heterocycles. The molecule has 0 aromatic carbocycles. The largest absolute Gasteiger partial charge is 0.471 e. The second-order valence-corrected chi connectivity index (χ2v) is 1.33. The van der Waals surface area contributed by atoms with Gasteiger partial charge in [0, 0.05) is 0 Å². The molecular formula is C3H3N3O3. The summed E-state index contributed by atoms with van der Waals surface area (Å²) in [4.78, 5) is 12.3. The van der Waals surface area contributed by atoms with Crippen molar-refractivity contribution in [2.45, 2.75) is 0 Å². The van der Waals surface area contributed by atoms with Crippen LogP contribution in [0.15, 0.2) is 12.4 Å². The highest BCUT2D eigenvalue weighted by Gasteiger charge is 2.11. The first-order chi connectivity index (χ1) is 4.22. The van der Waals surface area contributed by atoms with Gasteiger partial charge in [0.25, 0.3) is 0 Å². The molecule has 0 unspecified atom stereocenters. The summed E-state index contributed by atoms with van der Waals surface area (Å²) >= 11 is 0. The van der Waals surface area contributed by atoms with Crippen molar-refractivity contribution >= 4 is 5.95 Å². The molecule has 0 aliphatic rings. The summed E-state index contributed by atoms with van der Waals surface area (Å²) in [6, 6.07) is 0. The van der Waals surface area contributed by atoms with Crippen molar-refractivity contribution in [3.63, 3.8) is 0 Å². The molecule has 0 spiro atoms. The van der Waals surface area contributed by atoms with Gasteiger partial charge in [0.05, 0.1) is 0 Å². The summed E-state index contributed by atoms with van der Waals surface area (Å²) in [5.41, 5.74) is 0. The zero-order chi connectivity index (χ0) is 6.85. The maximum absolute atomic E-state index is 9.85. The normalized spacial score (nSPS) is 9.33. The molecule has 48 valence electrons. The molecule has 1 N–H and O–H groups in total. The first-order valence-electron chi connectivity index (χ1n) is 2.09. The topological polar surface area (TPSA) is 81.2 Å². The van der Waals surface area contributed by atoms with Crippen molar-refractivity contribution in [2.75, 3.05) is 0 Å². The van der Waals surface area contributed by atoms with E-state index in [-0.39, 0.29) is 0 Å². The van der Waals surface area contributed by atoms with Crippen LogP contribution in [0, 0.1) is 10.1 Å². The van der Waals surface area contributed by atoms with Gasteiger partial charge in [-0.1, -0.05) is 9.71 Å². The molecule has 0 saturated heterocycles. The lowest BCUT2D eigenvalue weighted by Crippen LogP contribution is -1.97. The molecule has 1 heterocycles. The Kier molecular flexibility index (Phi) is 1.07. The van der Waals surface area contributed by atoms with E-state index < -0.39 is 10.9 Å². The first-order valence-corrected chi connectivity index (χ1v) is 2.09. The third kappa shape index (κ3) is 0.809. The summed E-state index contributed by atoms with van der Waals surface area (Å²) in [7, 11) is 0. The molecular weight excluding hydrogens is 126 g/mol. The highest BCUT2D eigenvalue weighted by atomic mass is 16.6. The molecule has 0 saturated carbocycles. The molecule has 6 heteroatoms. The van der Waals surface area contributed by atoms with Gasteiger partial charge in [-0.15, -0.1) is 0 Å². The monoisotopic (exact) mass is 129 g/mol. The van der Waals surface area contributed by atoms with E-state index in [4.69, 9.17) is 5.21 Å². The summed E-state index contributed by atoms with van der Waals surface area (Å²) < 4.78 is 0.347. The Bertz CT molecular complexity index is 230. The Labute approximate surface area is 49.5 Å². The highest BCUT2D eigenvalue weighted by molar-refractivity contribution is 5.03. The predicted molar refractivity (Wildman–Crippen MR) is 26.1 cm³/mol. The Balaban J connectivity index is 3.08. The van der Waals surface area contributed by atoms with Crippen molar-refractivity contribution < 1.29 is 10.1 Å². The predicted octanol–water partition coefficient (Wildman–Crippen LogP) is 0.0286. The lowest BCUT2D eigenvalue weighted by Gasteiger charge is -1.88. The van der Waals surface area contributed by atoms with Crippen LogP contribution in [0.4, 0.5) is 5.95 Å². The van der Waals surface area contributed by atoms with Crippen LogP contribution in [0.25, 0.3) is 0 Å². The number of aromatic nitrogens is 2. The Morgan fingerprint density at radius 3 is 2.78 bits per heavy atom. The molecule has 9 heavy (non-hydrogen) atoms. The van der Waals surface area contributed by atoms with Gasteiger partial charge in [0.1, 0.15) is 12.4 Å². The fourth-order valence-corrected chi connectivity index (χ4v) is 0.420. The van der Waals surface area contributed by atoms with E-state index in [9.17, 15) is 10.1 Å². The number of rotatable bonds is 1. The first kappa shape index (κ1) is 5.54. The number of nitro groups is 1. The lowest BCUT2D eigenvalue weighted by molar-refractivity contribution is -0.401. The van der Waals surface area contributed by atoms with Crippen LogP contribution < -0.4 is 0 Å². The van der Waals surface area contributed by atoms with Crippen LogP contribution in [0.3, 0.4) is 0 Å². The van der Waals surface area contributed by atoms with Gasteiger partial charge < -0.3 is 15.3 Å². The zero-order valence-corrected chi connectivity index (χ0v) is 4.26. The van der Waals surface area contributed by atoms with Gasteiger partial charge >= 0.3 is 5.95 Å². The van der Waals surface area contributed by atoms with E-state index in [0.29, 0.717) is 4.73 Å². The molecule has 1 aromatic rings. The Morgan fingerprint density at radius 2 is 2.56 bits per heavy atom. The van der Waals surface area contributed by atoms with Gasteiger partial charge in [0.15, 0.2) is 0 Å². The SMILES string of the molecule is O=[N+]([O-])c1nccn1O. The number of nitrogens with zero attached hydrogens (tertiary/aromatic N) is 3. The fraction of sp³-hybridized carbons (Fsp3) is 0. The van der Waals surface area contributed by atoms with E-state index >= 15 is 0 Å².